The molecule has 4 heteroatoms. The summed E-state index contributed by atoms with van der Waals surface area (Å²) >= 11 is 0. The van der Waals surface area contributed by atoms with E-state index in [4.69, 9.17) is 5.02 Å². The summed E-state index contributed by atoms with van der Waals surface area (Å²) in [4.78, 5) is 0. The van der Waals surface area contributed by atoms with Gasteiger partial charge in [0.2, 0.25) is 0 Å². The van der Waals surface area contributed by atoms with Gasteiger partial charge in [-0.15, -0.1) is 0 Å². The molecule has 0 unspecified atom stereocenters. The van der Waals surface area contributed by atoms with Crippen molar-refractivity contribution in [3.05, 3.63) is 0 Å². The largest absolute Gasteiger partial charge is 0.485 e. The minimum atomic E-state index is 0.403. The summed E-state index contributed by atoms with van der Waals surface area (Å²) < 4.78 is 3.47. The second-order valence-corrected chi connectivity index (χ2v) is 0.241. The molecule has 0 rings (SSSR count). The fraction of sp³-hybridized carbons (Fsp3) is 0. The average molecular weight is 54.6 g/mol. The Labute approximate surface area is 26.5 Å². The Bertz CT molecular complexity index is 6.00. The molecule has 0 aliphatic heterocycles. The van der Waals surface area contributed by atoms with E-state index in [1.807, 2.05) is 0 Å². The highest BCUT2D eigenvalue weighted by atomic mass is 16.5. The van der Waals surface area contributed by atoms with Crippen LogP contribution in [0.5, 0.6) is 0 Å². The fourth-order valence-electron chi connectivity index (χ4n) is 0. The molecule has 0 atom stereocenters. The quantitative estimate of drug-likeness (QED) is 0.374. The van der Waals surface area contributed by atoms with Crippen LogP contribution in [-0.2, 0) is 4.57 Å². The molecule has 0 fully saturated rings. The van der Waals surface area contributed by atoms with E-state index in [-0.39, 0.29) is 0 Å². The highest BCUT2D eigenvalue weighted by molar-refractivity contribution is 6.25. The molecule has 0 heterocycles. The molecule has 0 bridgehead atoms. The maximum atomic E-state index is 7.40. The Morgan fingerprint density at radius 3 is 2.25 bits per heavy atom. The van der Waals surface area contributed by atoms with Crippen LogP contribution in [0.2, 0.25) is 0 Å². The van der Waals surface area contributed by atoms with Crippen LogP contribution >= 0.6 is 0 Å². The summed E-state index contributed by atoms with van der Waals surface area (Å²) in [5.41, 5.74) is 0. The molecule has 19 valence electrons. The Kier molecular flexibility index (Phi) is 3.09. The molecule has 0 aliphatic carbocycles. The Hall–Kier alpha value is 0.0499. The normalized spacial score (nSPS) is 6.25. The topological polar surface area (TPSA) is 29.5 Å². The van der Waals surface area contributed by atoms with Crippen LogP contribution in [-0.4, -0.2) is 20.8 Å². The number of hydrogen-bond acceptors (Lipinski definition) is 2. The number of hydrogen-bond donors (Lipinski definition) is 1. The van der Waals surface area contributed by atoms with Crippen LogP contribution in [0.4, 0.5) is 0 Å². The molecular formula is HB2O2. The zero-order valence-electron chi connectivity index (χ0n) is 2.01. The van der Waals surface area contributed by atoms with Gasteiger partial charge in [0.1, 0.15) is 0 Å². The van der Waals surface area contributed by atoms with E-state index in [9.17, 15) is 0 Å². The second-order valence-electron chi connectivity index (χ2n) is 0.241. The average Bonchev–Trinajstić information content (AvgIpc) is 1.37. The molecule has 0 aromatic carbocycles. The first-order valence-corrected chi connectivity index (χ1v) is 0.730. The summed E-state index contributed by atoms with van der Waals surface area (Å²) in [5, 5.41) is 7.40. The summed E-state index contributed by atoms with van der Waals surface area (Å²) in [6.07, 6.45) is 0. The fourth-order valence-corrected chi connectivity index (χ4v) is 0. The van der Waals surface area contributed by atoms with Gasteiger partial charge >= 0.3 is 7.69 Å². The molecule has 2 nitrogen and oxygen atoms in total. The number of rotatable bonds is 1. The van der Waals surface area contributed by atoms with Crippen molar-refractivity contribution in [1.82, 2.24) is 0 Å². The predicted octanol–water partition coefficient (Wildman–Crippen LogP) is -1.39. The van der Waals surface area contributed by atoms with Crippen molar-refractivity contribution in [3.63, 3.8) is 0 Å². The summed E-state index contributed by atoms with van der Waals surface area (Å²) in [6, 6.07) is 0. The van der Waals surface area contributed by atoms with Gasteiger partial charge in [0.15, 0.2) is 0 Å². The van der Waals surface area contributed by atoms with Crippen LogP contribution in [0.15, 0.2) is 0 Å². The maximum Gasteiger partial charge on any atom is 0.467 e. The minimum absolute atomic E-state index is 0.403. The van der Waals surface area contributed by atoms with E-state index in [0.717, 1.165) is 0 Å². The molecular weight excluding hydrogens is 53.6 g/mol. The molecule has 0 saturated heterocycles. The lowest BCUT2D eigenvalue weighted by molar-refractivity contribution is 0.478. The first kappa shape index (κ1) is 4.05. The lowest BCUT2D eigenvalue weighted by Gasteiger charge is -1.71. The van der Waals surface area contributed by atoms with Gasteiger partial charge in [-0.1, -0.05) is 0 Å². The Morgan fingerprint density at radius 2 is 2.25 bits per heavy atom. The van der Waals surface area contributed by atoms with Crippen molar-refractivity contribution < 1.29 is 9.60 Å². The molecule has 0 amide bonds. The first-order valence-electron chi connectivity index (χ1n) is 0.730. The lowest BCUT2D eigenvalue weighted by Crippen LogP contribution is -1.88. The van der Waals surface area contributed by atoms with Gasteiger partial charge in [-0.05, 0) is 0 Å². The smallest absolute Gasteiger partial charge is 0.467 e. The van der Waals surface area contributed by atoms with Crippen LogP contribution < -0.4 is 0 Å². The van der Waals surface area contributed by atoms with Crippen LogP contribution in [0, 0.1) is 0 Å². The highest BCUT2D eigenvalue weighted by Gasteiger charge is 1.65. The molecule has 0 saturated carbocycles. The SMILES string of the molecule is [B]O[B]O. The minimum Gasteiger partial charge on any atom is -0.485 e. The van der Waals surface area contributed by atoms with Gasteiger partial charge in [0.25, 0.3) is 8.05 Å². The summed E-state index contributed by atoms with van der Waals surface area (Å²) in [6.45, 7) is 0. The van der Waals surface area contributed by atoms with Crippen molar-refractivity contribution in [2.24, 2.45) is 0 Å². The first-order chi connectivity index (χ1) is 1.91. The van der Waals surface area contributed by atoms with Gasteiger partial charge in [0.05, 0.1) is 0 Å². The van der Waals surface area contributed by atoms with Crippen molar-refractivity contribution in [3.8, 4) is 0 Å². The predicted molar refractivity (Wildman–Crippen MR) is 14.8 cm³/mol. The van der Waals surface area contributed by atoms with E-state index in [1.54, 1.807) is 0 Å². The van der Waals surface area contributed by atoms with Crippen LogP contribution in [0.3, 0.4) is 0 Å². The molecule has 3 radical (unpaired) electrons. The van der Waals surface area contributed by atoms with Crippen LogP contribution in [0.1, 0.15) is 0 Å². The molecule has 0 aliphatic rings. The molecule has 4 heavy (non-hydrogen) atoms. The van der Waals surface area contributed by atoms with Crippen molar-refractivity contribution in [1.29, 1.82) is 0 Å². The van der Waals surface area contributed by atoms with E-state index in [1.165, 1.54) is 0 Å². The van der Waals surface area contributed by atoms with E-state index >= 15 is 0 Å². The van der Waals surface area contributed by atoms with Gasteiger partial charge in [-0.3, -0.25) is 0 Å². The van der Waals surface area contributed by atoms with Crippen molar-refractivity contribution >= 4 is 15.7 Å². The monoisotopic (exact) mass is 55.0 g/mol. The molecule has 0 aromatic heterocycles. The molecule has 0 aromatic rings. The van der Waals surface area contributed by atoms with E-state index in [2.05, 4.69) is 12.6 Å². The van der Waals surface area contributed by atoms with Gasteiger partial charge in [-0.2, -0.15) is 0 Å². The Morgan fingerprint density at radius 1 is 2.00 bits per heavy atom. The third kappa shape index (κ3) is 2.05. The van der Waals surface area contributed by atoms with E-state index in [0.29, 0.717) is 7.69 Å². The maximum absolute atomic E-state index is 7.40. The van der Waals surface area contributed by atoms with E-state index < -0.39 is 0 Å². The summed E-state index contributed by atoms with van der Waals surface area (Å²) in [5.74, 6) is 0. The van der Waals surface area contributed by atoms with Crippen molar-refractivity contribution in [2.75, 3.05) is 0 Å². The van der Waals surface area contributed by atoms with Gasteiger partial charge < -0.3 is 9.60 Å². The zero-order valence-corrected chi connectivity index (χ0v) is 2.01. The zero-order chi connectivity index (χ0) is 3.41. The molecule has 1 N–H and O–H groups in total. The van der Waals surface area contributed by atoms with Gasteiger partial charge in [-0.25, -0.2) is 0 Å². The summed E-state index contributed by atoms with van der Waals surface area (Å²) in [7, 11) is 4.62. The highest BCUT2D eigenvalue weighted by Crippen LogP contribution is 1.37. The standard InChI is InChI=1S/B2HO2/c1-4-2-3/h3H. The van der Waals surface area contributed by atoms with Crippen LogP contribution in [0.25, 0.3) is 0 Å². The third-order valence-corrected chi connectivity index (χ3v) is 0.0609. The Balaban J connectivity index is 1.97. The van der Waals surface area contributed by atoms with Crippen molar-refractivity contribution in [2.45, 2.75) is 0 Å². The third-order valence-electron chi connectivity index (χ3n) is 0.0609. The molecule has 0 spiro atoms. The lowest BCUT2D eigenvalue weighted by atomic mass is 10.3. The second kappa shape index (κ2) is 3.05. The van der Waals surface area contributed by atoms with Gasteiger partial charge in [0, 0.05) is 0 Å².